The lowest BCUT2D eigenvalue weighted by atomic mass is 10.1. The minimum absolute atomic E-state index is 0.158. The summed E-state index contributed by atoms with van der Waals surface area (Å²) in [5, 5.41) is 4.32. The third-order valence-corrected chi connectivity index (χ3v) is 4.52. The maximum Gasteiger partial charge on any atom is 0.257 e. The first-order valence-electron chi connectivity index (χ1n) is 8.68. The monoisotopic (exact) mass is 387 g/mol. The van der Waals surface area contributed by atoms with E-state index in [9.17, 15) is 18.0 Å². The molecular formula is C20H16F3N3O2. The summed E-state index contributed by atoms with van der Waals surface area (Å²) in [6.07, 6.45) is 0. The number of ether oxygens (including phenoxy) is 1. The molecule has 0 atom stereocenters. The summed E-state index contributed by atoms with van der Waals surface area (Å²) in [7, 11) is 0. The van der Waals surface area contributed by atoms with E-state index in [4.69, 9.17) is 4.74 Å². The lowest BCUT2D eigenvalue weighted by Crippen LogP contribution is -2.38. The zero-order chi connectivity index (χ0) is 19.7. The lowest BCUT2D eigenvalue weighted by Gasteiger charge is -2.27. The number of aromatic nitrogens is 2. The van der Waals surface area contributed by atoms with E-state index in [1.807, 2.05) is 0 Å². The van der Waals surface area contributed by atoms with Gasteiger partial charge in [0.2, 0.25) is 5.88 Å². The SMILES string of the molecule is O=C(c1cccc(F)c1F)N1CCn2nc(OCc3cccc(F)c3)cc2C1. The van der Waals surface area contributed by atoms with E-state index in [0.29, 0.717) is 30.2 Å². The third kappa shape index (κ3) is 3.58. The van der Waals surface area contributed by atoms with Gasteiger partial charge in [0.05, 0.1) is 24.3 Å². The number of halogens is 3. The Balaban J connectivity index is 1.45. The summed E-state index contributed by atoms with van der Waals surface area (Å²) in [6, 6.07) is 11.3. The second-order valence-electron chi connectivity index (χ2n) is 6.44. The summed E-state index contributed by atoms with van der Waals surface area (Å²) in [6.45, 7) is 1.07. The number of hydrogen-bond acceptors (Lipinski definition) is 3. The molecule has 1 aliphatic rings. The number of nitrogens with zero attached hydrogens (tertiary/aromatic N) is 3. The highest BCUT2D eigenvalue weighted by molar-refractivity contribution is 5.94. The second kappa shape index (κ2) is 7.38. The Hall–Kier alpha value is -3.29. The maximum absolute atomic E-state index is 13.9. The molecule has 0 radical (unpaired) electrons. The highest BCUT2D eigenvalue weighted by Crippen LogP contribution is 2.22. The number of rotatable bonds is 4. The largest absolute Gasteiger partial charge is 0.472 e. The lowest BCUT2D eigenvalue weighted by molar-refractivity contribution is 0.0700. The summed E-state index contributed by atoms with van der Waals surface area (Å²) >= 11 is 0. The molecule has 1 aliphatic heterocycles. The van der Waals surface area contributed by atoms with E-state index in [-0.39, 0.29) is 24.5 Å². The number of hydrogen-bond donors (Lipinski definition) is 0. The number of carbonyl (C=O) groups excluding carboxylic acids is 1. The molecule has 1 amide bonds. The quantitative estimate of drug-likeness (QED) is 0.688. The topological polar surface area (TPSA) is 47.4 Å². The first-order chi connectivity index (χ1) is 13.5. The smallest absolute Gasteiger partial charge is 0.257 e. The molecule has 28 heavy (non-hydrogen) atoms. The van der Waals surface area contributed by atoms with Gasteiger partial charge in [-0.05, 0) is 29.8 Å². The van der Waals surface area contributed by atoms with Crippen LogP contribution < -0.4 is 4.74 Å². The number of benzene rings is 2. The van der Waals surface area contributed by atoms with Crippen molar-refractivity contribution in [3.63, 3.8) is 0 Å². The first kappa shape index (κ1) is 18.1. The van der Waals surface area contributed by atoms with Gasteiger partial charge in [-0.25, -0.2) is 13.2 Å². The molecule has 1 aromatic heterocycles. The zero-order valence-corrected chi connectivity index (χ0v) is 14.7. The van der Waals surface area contributed by atoms with Gasteiger partial charge in [0, 0.05) is 12.6 Å². The van der Waals surface area contributed by atoms with Gasteiger partial charge in [-0.1, -0.05) is 18.2 Å². The average Bonchev–Trinajstić information content (AvgIpc) is 3.10. The van der Waals surface area contributed by atoms with Gasteiger partial charge < -0.3 is 9.64 Å². The van der Waals surface area contributed by atoms with Crippen LogP contribution in [0, 0.1) is 17.5 Å². The van der Waals surface area contributed by atoms with Gasteiger partial charge in [-0.3, -0.25) is 9.48 Å². The fraction of sp³-hybridized carbons (Fsp3) is 0.200. The second-order valence-corrected chi connectivity index (χ2v) is 6.44. The predicted molar refractivity (Wildman–Crippen MR) is 94.1 cm³/mol. The van der Waals surface area contributed by atoms with Crippen molar-refractivity contribution in [2.45, 2.75) is 19.7 Å². The summed E-state index contributed by atoms with van der Waals surface area (Å²) in [4.78, 5) is 14.0. The van der Waals surface area contributed by atoms with Crippen molar-refractivity contribution in [2.75, 3.05) is 6.54 Å². The molecule has 144 valence electrons. The molecule has 8 heteroatoms. The molecule has 3 aromatic rings. The first-order valence-corrected chi connectivity index (χ1v) is 8.68. The molecule has 2 aromatic carbocycles. The molecule has 5 nitrogen and oxygen atoms in total. The molecule has 2 heterocycles. The van der Waals surface area contributed by atoms with E-state index in [1.165, 1.54) is 29.2 Å². The molecule has 0 bridgehead atoms. The van der Waals surface area contributed by atoms with E-state index in [1.54, 1.807) is 22.9 Å². The molecule has 0 fully saturated rings. The predicted octanol–water partition coefficient (Wildman–Crippen LogP) is 3.54. The fourth-order valence-corrected chi connectivity index (χ4v) is 3.11. The summed E-state index contributed by atoms with van der Waals surface area (Å²) < 4.78 is 47.8. The molecule has 0 unspecified atom stereocenters. The fourth-order valence-electron chi connectivity index (χ4n) is 3.11. The molecule has 0 saturated carbocycles. The number of amides is 1. The van der Waals surface area contributed by atoms with Gasteiger partial charge in [0.15, 0.2) is 11.6 Å². The van der Waals surface area contributed by atoms with Crippen LogP contribution in [0.1, 0.15) is 21.6 Å². The minimum atomic E-state index is -1.15. The van der Waals surface area contributed by atoms with Crippen LogP contribution >= 0.6 is 0 Å². The Labute approximate surface area is 159 Å². The highest BCUT2D eigenvalue weighted by Gasteiger charge is 2.26. The minimum Gasteiger partial charge on any atom is -0.472 e. The van der Waals surface area contributed by atoms with Crippen molar-refractivity contribution in [3.8, 4) is 5.88 Å². The van der Waals surface area contributed by atoms with Crippen molar-refractivity contribution < 1.29 is 22.7 Å². The van der Waals surface area contributed by atoms with Gasteiger partial charge in [-0.15, -0.1) is 5.10 Å². The average molecular weight is 387 g/mol. The Morgan fingerprint density at radius 3 is 2.71 bits per heavy atom. The highest BCUT2D eigenvalue weighted by atomic mass is 19.2. The molecule has 0 spiro atoms. The van der Waals surface area contributed by atoms with Gasteiger partial charge in [0.1, 0.15) is 12.4 Å². The van der Waals surface area contributed by atoms with Crippen LogP contribution in [-0.4, -0.2) is 27.1 Å². The van der Waals surface area contributed by atoms with Gasteiger partial charge in [0.25, 0.3) is 5.91 Å². The van der Waals surface area contributed by atoms with Crippen molar-refractivity contribution in [1.29, 1.82) is 0 Å². The summed E-state index contributed by atoms with van der Waals surface area (Å²) in [5.41, 5.74) is 1.09. The van der Waals surface area contributed by atoms with E-state index in [2.05, 4.69) is 5.10 Å². The summed E-state index contributed by atoms with van der Waals surface area (Å²) in [5.74, 6) is -2.77. The van der Waals surface area contributed by atoms with E-state index in [0.717, 1.165) is 6.07 Å². The van der Waals surface area contributed by atoms with Crippen LogP contribution in [0.25, 0.3) is 0 Å². The van der Waals surface area contributed by atoms with Crippen LogP contribution in [0.5, 0.6) is 5.88 Å². The van der Waals surface area contributed by atoms with Crippen LogP contribution in [0.2, 0.25) is 0 Å². The van der Waals surface area contributed by atoms with Crippen molar-refractivity contribution in [2.24, 2.45) is 0 Å². The Morgan fingerprint density at radius 1 is 1.07 bits per heavy atom. The van der Waals surface area contributed by atoms with Crippen LogP contribution in [0.4, 0.5) is 13.2 Å². The maximum atomic E-state index is 13.9. The van der Waals surface area contributed by atoms with Gasteiger partial charge >= 0.3 is 0 Å². The number of carbonyl (C=O) groups is 1. The Bertz CT molecular complexity index is 1040. The molecule has 4 rings (SSSR count). The standard InChI is InChI=1S/C20H16F3N3O2/c21-14-4-1-3-13(9-14)12-28-18-10-15-11-25(7-8-26(15)24-18)20(27)16-5-2-6-17(22)19(16)23/h1-6,9-10H,7-8,11-12H2. The normalized spacial score (nSPS) is 13.3. The molecular weight excluding hydrogens is 371 g/mol. The van der Waals surface area contributed by atoms with Crippen LogP contribution in [0.15, 0.2) is 48.5 Å². The molecule has 0 N–H and O–H groups in total. The van der Waals surface area contributed by atoms with Crippen molar-refractivity contribution >= 4 is 5.91 Å². The van der Waals surface area contributed by atoms with E-state index < -0.39 is 17.5 Å². The van der Waals surface area contributed by atoms with Crippen molar-refractivity contribution in [3.05, 3.63) is 82.8 Å². The Morgan fingerprint density at radius 2 is 1.89 bits per heavy atom. The molecule has 0 saturated heterocycles. The van der Waals surface area contributed by atoms with Crippen LogP contribution in [0.3, 0.4) is 0 Å². The Kier molecular flexibility index (Phi) is 4.77. The molecule has 0 aliphatic carbocycles. The van der Waals surface area contributed by atoms with Crippen LogP contribution in [-0.2, 0) is 19.7 Å². The zero-order valence-electron chi connectivity index (χ0n) is 14.7. The van der Waals surface area contributed by atoms with Gasteiger partial charge in [-0.2, -0.15) is 0 Å². The van der Waals surface area contributed by atoms with Crippen molar-refractivity contribution in [1.82, 2.24) is 14.7 Å². The number of fused-ring (bicyclic) bond motifs is 1. The van der Waals surface area contributed by atoms with E-state index >= 15 is 0 Å². The third-order valence-electron chi connectivity index (χ3n) is 4.52.